The first-order valence-electron chi connectivity index (χ1n) is 6.64. The Labute approximate surface area is 102 Å². The molecule has 1 saturated heterocycles. The van der Waals surface area contributed by atoms with Crippen LogP contribution in [0.1, 0.15) is 42.1 Å². The first kappa shape index (κ1) is 11.0. The van der Waals surface area contributed by atoms with Gasteiger partial charge in [-0.25, -0.2) is 0 Å². The Morgan fingerprint density at radius 1 is 1.24 bits per heavy atom. The topological polar surface area (TPSA) is 29.1 Å². The van der Waals surface area contributed by atoms with Crippen LogP contribution in [-0.2, 0) is 6.42 Å². The highest BCUT2D eigenvalue weighted by atomic mass is 16.1. The van der Waals surface area contributed by atoms with Crippen molar-refractivity contribution in [3.63, 3.8) is 0 Å². The molecule has 1 aromatic carbocycles. The van der Waals surface area contributed by atoms with E-state index in [1.165, 1.54) is 18.4 Å². The molecular weight excluding hydrogens is 210 g/mol. The van der Waals surface area contributed by atoms with Crippen molar-refractivity contribution in [3.05, 3.63) is 35.4 Å². The van der Waals surface area contributed by atoms with Crippen molar-refractivity contribution in [1.82, 2.24) is 5.32 Å². The van der Waals surface area contributed by atoms with Gasteiger partial charge < -0.3 is 5.32 Å². The van der Waals surface area contributed by atoms with E-state index in [4.69, 9.17) is 0 Å². The fraction of sp³-hybridized carbons (Fsp3) is 0.533. The fourth-order valence-electron chi connectivity index (χ4n) is 3.29. The number of fused-ring (bicyclic) bond motifs is 1. The van der Waals surface area contributed by atoms with Gasteiger partial charge in [-0.05, 0) is 31.7 Å². The van der Waals surface area contributed by atoms with Gasteiger partial charge in [-0.1, -0.05) is 30.7 Å². The zero-order chi connectivity index (χ0) is 11.8. The normalized spacial score (nSPS) is 32.5. The minimum atomic E-state index is 0.176. The highest BCUT2D eigenvalue weighted by Gasteiger charge is 2.37. The lowest BCUT2D eigenvalue weighted by atomic mass is 9.87. The van der Waals surface area contributed by atoms with E-state index in [1.807, 2.05) is 18.2 Å². The summed E-state index contributed by atoms with van der Waals surface area (Å²) < 4.78 is 0. The van der Waals surface area contributed by atoms with Gasteiger partial charge in [-0.15, -0.1) is 0 Å². The molecule has 1 aromatic rings. The molecule has 0 aromatic heterocycles. The molecule has 2 nitrogen and oxygen atoms in total. The van der Waals surface area contributed by atoms with Crippen LogP contribution in [0.3, 0.4) is 0 Å². The Morgan fingerprint density at radius 3 is 2.82 bits per heavy atom. The lowest BCUT2D eigenvalue weighted by Gasteiger charge is -2.32. The van der Waals surface area contributed by atoms with E-state index in [2.05, 4.69) is 18.3 Å². The molecule has 0 saturated carbocycles. The standard InChI is InChI=1S/C15H19NO/c1-10-5-4-8-14(16-10)13-9-11-6-2-3-7-12(11)15(13)17/h2-3,6-7,10,13-14,16H,4-5,8-9H2,1H3. The van der Waals surface area contributed by atoms with Gasteiger partial charge in [0.25, 0.3) is 0 Å². The van der Waals surface area contributed by atoms with Gasteiger partial charge in [0.2, 0.25) is 0 Å². The first-order valence-corrected chi connectivity index (χ1v) is 6.64. The van der Waals surface area contributed by atoms with E-state index >= 15 is 0 Å². The van der Waals surface area contributed by atoms with Gasteiger partial charge in [-0.2, -0.15) is 0 Å². The molecule has 0 radical (unpaired) electrons. The van der Waals surface area contributed by atoms with Gasteiger partial charge in [0.15, 0.2) is 5.78 Å². The summed E-state index contributed by atoms with van der Waals surface area (Å²) in [5.74, 6) is 0.530. The predicted molar refractivity (Wildman–Crippen MR) is 68.2 cm³/mol. The zero-order valence-corrected chi connectivity index (χ0v) is 10.3. The van der Waals surface area contributed by atoms with Crippen molar-refractivity contribution in [2.45, 2.75) is 44.7 Å². The molecule has 3 rings (SSSR count). The molecule has 1 heterocycles. The van der Waals surface area contributed by atoms with Crippen LogP contribution in [0.5, 0.6) is 0 Å². The van der Waals surface area contributed by atoms with E-state index in [9.17, 15) is 4.79 Å². The van der Waals surface area contributed by atoms with Crippen LogP contribution in [0, 0.1) is 5.92 Å². The summed E-state index contributed by atoms with van der Waals surface area (Å²) in [7, 11) is 0. The van der Waals surface area contributed by atoms with E-state index in [1.54, 1.807) is 0 Å². The second kappa shape index (κ2) is 4.26. The van der Waals surface area contributed by atoms with Crippen molar-refractivity contribution in [1.29, 1.82) is 0 Å². The average molecular weight is 229 g/mol. The van der Waals surface area contributed by atoms with Crippen molar-refractivity contribution in [2.24, 2.45) is 5.92 Å². The summed E-state index contributed by atoms with van der Waals surface area (Å²) in [6.45, 7) is 2.22. The molecule has 2 aliphatic rings. The summed E-state index contributed by atoms with van der Waals surface area (Å²) in [6.07, 6.45) is 4.57. The molecular formula is C15H19NO. The molecule has 1 aliphatic carbocycles. The molecule has 1 aliphatic heterocycles. The maximum atomic E-state index is 12.4. The third kappa shape index (κ3) is 1.91. The van der Waals surface area contributed by atoms with Crippen LogP contribution in [0.15, 0.2) is 24.3 Å². The summed E-state index contributed by atoms with van der Waals surface area (Å²) in [5, 5.41) is 3.60. The van der Waals surface area contributed by atoms with Gasteiger partial charge in [-0.3, -0.25) is 4.79 Å². The Kier molecular flexibility index (Phi) is 2.75. The Morgan fingerprint density at radius 2 is 2.06 bits per heavy atom. The molecule has 17 heavy (non-hydrogen) atoms. The third-order valence-electron chi connectivity index (χ3n) is 4.20. The molecule has 0 spiro atoms. The second-order valence-electron chi connectivity index (χ2n) is 5.44. The molecule has 0 bridgehead atoms. The summed E-state index contributed by atoms with van der Waals surface area (Å²) in [4.78, 5) is 12.4. The maximum absolute atomic E-state index is 12.4. The largest absolute Gasteiger partial charge is 0.311 e. The van der Waals surface area contributed by atoms with Crippen molar-refractivity contribution in [3.8, 4) is 0 Å². The lowest BCUT2D eigenvalue weighted by Crippen LogP contribution is -2.46. The summed E-state index contributed by atoms with van der Waals surface area (Å²) >= 11 is 0. The van der Waals surface area contributed by atoms with Gasteiger partial charge in [0.1, 0.15) is 0 Å². The van der Waals surface area contributed by atoms with Crippen LogP contribution >= 0.6 is 0 Å². The first-order chi connectivity index (χ1) is 8.25. The number of hydrogen-bond acceptors (Lipinski definition) is 2. The van der Waals surface area contributed by atoms with E-state index in [0.29, 0.717) is 17.9 Å². The van der Waals surface area contributed by atoms with Gasteiger partial charge >= 0.3 is 0 Å². The quantitative estimate of drug-likeness (QED) is 0.802. The monoisotopic (exact) mass is 229 g/mol. The molecule has 1 fully saturated rings. The molecule has 3 unspecified atom stereocenters. The van der Waals surface area contributed by atoms with Crippen molar-refractivity contribution < 1.29 is 4.79 Å². The van der Waals surface area contributed by atoms with Crippen LogP contribution in [0.4, 0.5) is 0 Å². The van der Waals surface area contributed by atoms with Crippen molar-refractivity contribution in [2.75, 3.05) is 0 Å². The summed E-state index contributed by atoms with van der Waals surface area (Å²) in [6, 6.07) is 9.02. The zero-order valence-electron chi connectivity index (χ0n) is 10.3. The van der Waals surface area contributed by atoms with Gasteiger partial charge in [0, 0.05) is 23.6 Å². The number of carbonyl (C=O) groups excluding carboxylic acids is 1. The Hall–Kier alpha value is -1.15. The number of nitrogens with one attached hydrogen (secondary N) is 1. The van der Waals surface area contributed by atoms with Gasteiger partial charge in [0.05, 0.1) is 0 Å². The third-order valence-corrected chi connectivity index (χ3v) is 4.20. The van der Waals surface area contributed by atoms with E-state index in [-0.39, 0.29) is 5.92 Å². The number of hydrogen-bond donors (Lipinski definition) is 1. The Bertz CT molecular complexity index is 440. The van der Waals surface area contributed by atoms with Crippen LogP contribution in [0.25, 0.3) is 0 Å². The molecule has 2 heteroatoms. The number of rotatable bonds is 1. The lowest BCUT2D eigenvalue weighted by molar-refractivity contribution is 0.0890. The fourth-order valence-corrected chi connectivity index (χ4v) is 3.29. The molecule has 3 atom stereocenters. The Balaban J connectivity index is 1.81. The van der Waals surface area contributed by atoms with Crippen LogP contribution < -0.4 is 5.32 Å². The van der Waals surface area contributed by atoms with Crippen molar-refractivity contribution >= 4 is 5.78 Å². The minimum absolute atomic E-state index is 0.176. The molecule has 1 N–H and O–H groups in total. The van der Waals surface area contributed by atoms with E-state index in [0.717, 1.165) is 18.4 Å². The average Bonchev–Trinajstić information content (AvgIpc) is 2.68. The maximum Gasteiger partial charge on any atom is 0.168 e. The number of piperidine rings is 1. The summed E-state index contributed by atoms with van der Waals surface area (Å²) in [5.41, 5.74) is 2.19. The van der Waals surface area contributed by atoms with E-state index < -0.39 is 0 Å². The predicted octanol–water partition coefficient (Wildman–Crippen LogP) is 2.57. The van der Waals surface area contributed by atoms with Crippen LogP contribution in [-0.4, -0.2) is 17.9 Å². The number of Topliss-reactive ketones (excluding diaryl/α,β-unsaturated/α-hetero) is 1. The number of carbonyl (C=O) groups is 1. The number of benzene rings is 1. The molecule has 0 amide bonds. The number of ketones is 1. The second-order valence-corrected chi connectivity index (χ2v) is 5.44. The highest BCUT2D eigenvalue weighted by molar-refractivity contribution is 6.02. The minimum Gasteiger partial charge on any atom is -0.311 e. The highest BCUT2D eigenvalue weighted by Crippen LogP contribution is 2.32. The SMILES string of the molecule is CC1CCCC(C2Cc3ccccc3C2=O)N1. The smallest absolute Gasteiger partial charge is 0.168 e. The molecule has 90 valence electrons. The van der Waals surface area contributed by atoms with Crippen LogP contribution in [0.2, 0.25) is 0 Å².